The van der Waals surface area contributed by atoms with E-state index in [0.29, 0.717) is 23.6 Å². The summed E-state index contributed by atoms with van der Waals surface area (Å²) in [5.41, 5.74) is -0.292. The minimum Gasteiger partial charge on any atom is -0.465 e. The van der Waals surface area contributed by atoms with E-state index in [-0.39, 0.29) is 12.5 Å². The van der Waals surface area contributed by atoms with Crippen LogP contribution in [0.4, 0.5) is 0 Å². The van der Waals surface area contributed by atoms with Crippen LogP contribution in [0, 0.1) is 18.3 Å². The first kappa shape index (κ1) is 20.0. The van der Waals surface area contributed by atoms with Gasteiger partial charge in [-0.25, -0.2) is 4.79 Å². The summed E-state index contributed by atoms with van der Waals surface area (Å²) in [5.74, 6) is 0.555. The molecule has 1 aliphatic rings. The van der Waals surface area contributed by atoms with Crippen LogP contribution in [0.25, 0.3) is 0 Å². The van der Waals surface area contributed by atoms with Gasteiger partial charge < -0.3 is 14.1 Å². The zero-order valence-electron chi connectivity index (χ0n) is 16.0. The Kier molecular flexibility index (Phi) is 6.43. The molecule has 0 spiro atoms. The normalized spacial score (nSPS) is 16.2. The van der Waals surface area contributed by atoms with E-state index in [9.17, 15) is 14.9 Å². The lowest BCUT2D eigenvalue weighted by molar-refractivity contribution is -0.135. The molecule has 1 fully saturated rings. The Balaban J connectivity index is 1.99. The quantitative estimate of drug-likeness (QED) is 0.724. The Bertz CT molecular complexity index is 698. The number of carbonyl (C=O) groups is 2. The summed E-state index contributed by atoms with van der Waals surface area (Å²) in [6.45, 7) is 2.26. The van der Waals surface area contributed by atoms with Crippen LogP contribution < -0.4 is 0 Å². The molecule has 0 unspecified atom stereocenters. The molecule has 1 heterocycles. The Morgan fingerprint density at radius 3 is 2.54 bits per heavy atom. The summed E-state index contributed by atoms with van der Waals surface area (Å²) in [5, 5.41) is 9.62. The lowest BCUT2D eigenvalue weighted by Gasteiger charge is -2.39. The molecule has 1 aromatic rings. The van der Waals surface area contributed by atoms with Gasteiger partial charge in [-0.1, -0.05) is 19.3 Å². The van der Waals surface area contributed by atoms with E-state index in [1.807, 2.05) is 4.90 Å². The number of aryl methyl sites for hydroxylation is 1. The highest BCUT2D eigenvalue weighted by Gasteiger charge is 2.38. The van der Waals surface area contributed by atoms with E-state index < -0.39 is 11.5 Å². The summed E-state index contributed by atoms with van der Waals surface area (Å²) in [6.07, 6.45) is 4.53. The fourth-order valence-electron chi connectivity index (χ4n) is 3.49. The topological polar surface area (TPSA) is 86.8 Å². The van der Waals surface area contributed by atoms with Crippen LogP contribution in [0.2, 0.25) is 0 Å². The first-order valence-electron chi connectivity index (χ1n) is 8.87. The standard InChI is InChI=1S/C19H27N3O4/c1-14-16(18(24)25-4)10-15(26-14)11-21(2)12-17(23)22(3)19(13-20)8-6-5-7-9-19/h10H,5-9,11-12H2,1-4H3. The van der Waals surface area contributed by atoms with Gasteiger partial charge in [0.1, 0.15) is 22.6 Å². The maximum absolute atomic E-state index is 12.7. The molecule has 0 aromatic carbocycles. The summed E-state index contributed by atoms with van der Waals surface area (Å²) in [7, 11) is 4.85. The number of nitriles is 1. The van der Waals surface area contributed by atoms with Crippen molar-refractivity contribution in [2.45, 2.75) is 51.1 Å². The van der Waals surface area contributed by atoms with Gasteiger partial charge in [-0.2, -0.15) is 5.26 Å². The molecule has 1 saturated carbocycles. The fourth-order valence-corrected chi connectivity index (χ4v) is 3.49. The molecular weight excluding hydrogens is 334 g/mol. The second-order valence-electron chi connectivity index (χ2n) is 7.00. The molecule has 0 radical (unpaired) electrons. The van der Waals surface area contributed by atoms with Gasteiger partial charge in [0, 0.05) is 7.05 Å². The van der Waals surface area contributed by atoms with Crippen LogP contribution in [0.3, 0.4) is 0 Å². The maximum Gasteiger partial charge on any atom is 0.341 e. The average molecular weight is 361 g/mol. The van der Waals surface area contributed by atoms with E-state index >= 15 is 0 Å². The summed E-state index contributed by atoms with van der Waals surface area (Å²) in [6, 6.07) is 4.01. The number of nitrogens with zero attached hydrogens (tertiary/aromatic N) is 3. The van der Waals surface area contributed by atoms with Crippen LogP contribution in [0.15, 0.2) is 10.5 Å². The monoisotopic (exact) mass is 361 g/mol. The third kappa shape index (κ3) is 4.25. The maximum atomic E-state index is 12.7. The number of furan rings is 1. The van der Waals surface area contributed by atoms with Crippen molar-refractivity contribution in [3.63, 3.8) is 0 Å². The van der Waals surface area contributed by atoms with Crippen LogP contribution in [-0.2, 0) is 16.1 Å². The van der Waals surface area contributed by atoms with E-state index in [4.69, 9.17) is 9.15 Å². The zero-order chi connectivity index (χ0) is 19.3. The summed E-state index contributed by atoms with van der Waals surface area (Å²) < 4.78 is 10.3. The minimum absolute atomic E-state index is 0.0904. The molecule has 1 amide bonds. The first-order valence-corrected chi connectivity index (χ1v) is 8.87. The third-order valence-electron chi connectivity index (χ3n) is 5.11. The molecule has 0 atom stereocenters. The molecular formula is C19H27N3O4. The highest BCUT2D eigenvalue weighted by molar-refractivity contribution is 5.90. The van der Waals surface area contributed by atoms with Crippen molar-refractivity contribution < 1.29 is 18.7 Å². The van der Waals surface area contributed by atoms with Gasteiger partial charge in [-0.15, -0.1) is 0 Å². The van der Waals surface area contributed by atoms with Crippen molar-refractivity contribution in [2.75, 3.05) is 27.7 Å². The molecule has 2 rings (SSSR count). The number of hydrogen-bond donors (Lipinski definition) is 0. The third-order valence-corrected chi connectivity index (χ3v) is 5.11. The smallest absolute Gasteiger partial charge is 0.341 e. The Hall–Kier alpha value is -2.33. The zero-order valence-corrected chi connectivity index (χ0v) is 16.0. The molecule has 0 N–H and O–H groups in total. The van der Waals surface area contributed by atoms with Crippen LogP contribution in [0.1, 0.15) is 54.0 Å². The second-order valence-corrected chi connectivity index (χ2v) is 7.00. The molecule has 7 heteroatoms. The van der Waals surface area contributed by atoms with E-state index in [1.165, 1.54) is 7.11 Å². The molecule has 1 aromatic heterocycles. The highest BCUT2D eigenvalue weighted by atomic mass is 16.5. The SMILES string of the molecule is COC(=O)c1cc(CN(C)CC(=O)N(C)C2(C#N)CCCCC2)oc1C. The molecule has 0 aliphatic heterocycles. The number of rotatable bonds is 6. The highest BCUT2D eigenvalue weighted by Crippen LogP contribution is 2.32. The number of carbonyl (C=O) groups excluding carboxylic acids is 2. The molecule has 1 aliphatic carbocycles. The fraction of sp³-hybridized carbons (Fsp3) is 0.632. The van der Waals surface area contributed by atoms with Gasteiger partial charge in [0.05, 0.1) is 26.3 Å². The van der Waals surface area contributed by atoms with Gasteiger partial charge in [0.25, 0.3) is 0 Å². The number of ether oxygens (including phenoxy) is 1. The molecule has 0 bridgehead atoms. The predicted octanol–water partition coefficient (Wildman–Crippen LogP) is 2.49. The molecule has 0 saturated heterocycles. The summed E-state index contributed by atoms with van der Waals surface area (Å²) in [4.78, 5) is 27.7. The second kappa shape index (κ2) is 8.37. The van der Waals surface area contributed by atoms with Crippen LogP contribution >= 0.6 is 0 Å². The van der Waals surface area contributed by atoms with E-state index in [0.717, 1.165) is 32.1 Å². The van der Waals surface area contributed by atoms with Crippen molar-refractivity contribution in [1.82, 2.24) is 9.80 Å². The van der Waals surface area contributed by atoms with Gasteiger partial charge in [0.2, 0.25) is 5.91 Å². The molecule has 26 heavy (non-hydrogen) atoms. The van der Waals surface area contributed by atoms with Gasteiger partial charge in [-0.3, -0.25) is 9.69 Å². The van der Waals surface area contributed by atoms with Crippen molar-refractivity contribution >= 4 is 11.9 Å². The largest absolute Gasteiger partial charge is 0.465 e. The van der Waals surface area contributed by atoms with Crippen LogP contribution in [-0.4, -0.2) is 55.0 Å². The number of hydrogen-bond acceptors (Lipinski definition) is 6. The van der Waals surface area contributed by atoms with Crippen molar-refractivity contribution in [1.29, 1.82) is 5.26 Å². The van der Waals surface area contributed by atoms with E-state index in [1.54, 1.807) is 32.0 Å². The van der Waals surface area contributed by atoms with E-state index in [2.05, 4.69) is 6.07 Å². The van der Waals surface area contributed by atoms with Crippen molar-refractivity contribution in [2.24, 2.45) is 0 Å². The Morgan fingerprint density at radius 1 is 1.31 bits per heavy atom. The van der Waals surface area contributed by atoms with Gasteiger partial charge in [-0.05, 0) is 32.9 Å². The van der Waals surface area contributed by atoms with Gasteiger partial charge in [0.15, 0.2) is 0 Å². The predicted molar refractivity (Wildman–Crippen MR) is 95.3 cm³/mol. The number of esters is 1. The lowest BCUT2D eigenvalue weighted by atomic mass is 9.81. The summed E-state index contributed by atoms with van der Waals surface area (Å²) >= 11 is 0. The molecule has 142 valence electrons. The number of likely N-dealkylation sites (N-methyl/N-ethyl adjacent to an activating group) is 2. The van der Waals surface area contributed by atoms with Crippen molar-refractivity contribution in [3.05, 3.63) is 23.2 Å². The Labute approximate surface area is 154 Å². The lowest BCUT2D eigenvalue weighted by Crippen LogP contribution is -2.52. The average Bonchev–Trinajstić information content (AvgIpc) is 3.00. The Morgan fingerprint density at radius 2 is 1.96 bits per heavy atom. The van der Waals surface area contributed by atoms with Crippen molar-refractivity contribution in [3.8, 4) is 6.07 Å². The van der Waals surface area contributed by atoms with Crippen LogP contribution in [0.5, 0.6) is 0 Å². The molecule has 7 nitrogen and oxygen atoms in total. The number of amides is 1. The van der Waals surface area contributed by atoms with Gasteiger partial charge >= 0.3 is 5.97 Å². The first-order chi connectivity index (χ1) is 12.3. The number of methoxy groups -OCH3 is 1. The minimum atomic E-state index is -0.685.